The van der Waals surface area contributed by atoms with Gasteiger partial charge in [-0.25, -0.2) is 9.37 Å². The molecule has 1 aromatic heterocycles. The number of aromatic nitrogens is 1. The van der Waals surface area contributed by atoms with Crippen molar-refractivity contribution in [1.29, 1.82) is 0 Å². The van der Waals surface area contributed by atoms with Gasteiger partial charge in [0.15, 0.2) is 5.13 Å². The summed E-state index contributed by atoms with van der Waals surface area (Å²) in [6.45, 7) is 1.94. The number of amides is 2. The Hall–Kier alpha value is -3.20. The minimum atomic E-state index is -0.355. The van der Waals surface area contributed by atoms with Crippen molar-refractivity contribution in [1.82, 2.24) is 4.98 Å². The molecule has 2 N–H and O–H groups in total. The fourth-order valence-corrected chi connectivity index (χ4v) is 5.16. The zero-order chi connectivity index (χ0) is 24.8. The molecule has 9 heteroatoms. The number of benzene rings is 3. The third kappa shape index (κ3) is 6.69. The molecule has 0 saturated carbocycles. The van der Waals surface area contributed by atoms with Crippen LogP contribution in [0.15, 0.2) is 83.1 Å². The third-order valence-electron chi connectivity index (χ3n) is 4.99. The van der Waals surface area contributed by atoms with E-state index in [1.807, 2.05) is 30.5 Å². The number of thiazole rings is 1. The van der Waals surface area contributed by atoms with Crippen LogP contribution in [0.1, 0.15) is 23.7 Å². The summed E-state index contributed by atoms with van der Waals surface area (Å²) in [6.07, 6.45) is 0.603. The molecule has 1 atom stereocenters. The van der Waals surface area contributed by atoms with Crippen molar-refractivity contribution in [2.24, 2.45) is 0 Å². The lowest BCUT2D eigenvalue weighted by molar-refractivity contribution is -0.115. The van der Waals surface area contributed by atoms with Crippen LogP contribution in [-0.4, -0.2) is 22.0 Å². The molecule has 4 aromatic rings. The van der Waals surface area contributed by atoms with Gasteiger partial charge < -0.3 is 10.6 Å². The van der Waals surface area contributed by atoms with Crippen molar-refractivity contribution in [2.45, 2.75) is 23.5 Å². The minimum absolute atomic E-state index is 0.161. The Morgan fingerprint density at radius 1 is 1.06 bits per heavy atom. The highest BCUT2D eigenvalue weighted by molar-refractivity contribution is 8.00. The Bertz CT molecular complexity index is 1340. The summed E-state index contributed by atoms with van der Waals surface area (Å²) in [7, 11) is 0. The first kappa shape index (κ1) is 24.9. The zero-order valence-corrected chi connectivity index (χ0v) is 21.0. The molecule has 3 aromatic carbocycles. The molecule has 0 fully saturated rings. The van der Waals surface area contributed by atoms with E-state index in [-0.39, 0.29) is 22.9 Å². The van der Waals surface area contributed by atoms with Crippen LogP contribution in [0.25, 0.3) is 11.3 Å². The molecule has 1 unspecified atom stereocenters. The highest BCUT2D eigenvalue weighted by Crippen LogP contribution is 2.30. The Morgan fingerprint density at radius 2 is 1.83 bits per heavy atom. The molecule has 35 heavy (non-hydrogen) atoms. The van der Waals surface area contributed by atoms with Crippen LogP contribution in [0.2, 0.25) is 5.02 Å². The van der Waals surface area contributed by atoms with E-state index in [9.17, 15) is 14.0 Å². The molecule has 0 aliphatic heterocycles. The van der Waals surface area contributed by atoms with Gasteiger partial charge in [-0.2, -0.15) is 0 Å². The first-order valence-corrected chi connectivity index (χ1v) is 12.9. The molecule has 1 heterocycles. The largest absolute Gasteiger partial charge is 0.322 e. The van der Waals surface area contributed by atoms with Gasteiger partial charge in [0, 0.05) is 32.1 Å². The van der Waals surface area contributed by atoms with Crippen molar-refractivity contribution in [3.05, 3.63) is 94.6 Å². The average Bonchev–Trinajstić information content (AvgIpc) is 3.31. The average molecular weight is 526 g/mol. The molecule has 4 rings (SSSR count). The van der Waals surface area contributed by atoms with Crippen LogP contribution >= 0.6 is 34.7 Å². The van der Waals surface area contributed by atoms with Crippen LogP contribution in [0.4, 0.5) is 15.2 Å². The van der Waals surface area contributed by atoms with Gasteiger partial charge in [-0.05, 0) is 67.1 Å². The summed E-state index contributed by atoms with van der Waals surface area (Å²) >= 11 is 8.70. The summed E-state index contributed by atoms with van der Waals surface area (Å²) in [5.74, 6) is -0.737. The topological polar surface area (TPSA) is 71.1 Å². The van der Waals surface area contributed by atoms with Crippen molar-refractivity contribution in [2.75, 3.05) is 10.6 Å². The summed E-state index contributed by atoms with van der Waals surface area (Å²) < 4.78 is 13.2. The van der Waals surface area contributed by atoms with E-state index in [1.54, 1.807) is 42.5 Å². The monoisotopic (exact) mass is 525 g/mol. The first-order chi connectivity index (χ1) is 16.9. The Balaban J connectivity index is 1.39. The van der Waals surface area contributed by atoms with E-state index in [0.717, 1.165) is 10.5 Å². The quantitative estimate of drug-likeness (QED) is 0.236. The van der Waals surface area contributed by atoms with Gasteiger partial charge >= 0.3 is 0 Å². The predicted molar refractivity (Wildman–Crippen MR) is 142 cm³/mol. The van der Waals surface area contributed by atoms with Gasteiger partial charge in [0.05, 0.1) is 10.9 Å². The number of nitrogens with zero attached hydrogens (tertiary/aromatic N) is 1. The maximum atomic E-state index is 13.2. The highest BCUT2D eigenvalue weighted by Gasteiger charge is 2.20. The summed E-state index contributed by atoms with van der Waals surface area (Å²) in [4.78, 5) is 30.7. The zero-order valence-electron chi connectivity index (χ0n) is 18.6. The van der Waals surface area contributed by atoms with E-state index < -0.39 is 0 Å². The number of rotatable bonds is 8. The molecule has 0 aliphatic rings. The maximum Gasteiger partial charge on any atom is 0.255 e. The molecule has 0 aliphatic carbocycles. The van der Waals surface area contributed by atoms with Crippen molar-refractivity contribution in [3.63, 3.8) is 0 Å². The van der Waals surface area contributed by atoms with Gasteiger partial charge in [0.2, 0.25) is 5.91 Å². The number of carbonyl (C=O) groups is 2. The minimum Gasteiger partial charge on any atom is -0.322 e. The number of thioether (sulfide) groups is 1. The summed E-state index contributed by atoms with van der Waals surface area (Å²) in [5.41, 5.74) is 2.54. The SMILES string of the molecule is CCC(Sc1cccc(NC(=O)c2cccc(Cl)c2)c1)C(=O)Nc1nc(-c2ccc(F)cc2)cs1. The van der Waals surface area contributed by atoms with Crippen LogP contribution in [0, 0.1) is 5.82 Å². The third-order valence-corrected chi connectivity index (χ3v) is 7.35. The fourth-order valence-electron chi connectivity index (χ4n) is 3.24. The normalized spacial score (nSPS) is 11.6. The molecule has 0 bridgehead atoms. The summed E-state index contributed by atoms with van der Waals surface area (Å²) in [5, 5.41) is 8.18. The Labute approximate surface area is 215 Å². The van der Waals surface area contributed by atoms with Crippen LogP contribution < -0.4 is 10.6 Å². The van der Waals surface area contributed by atoms with Crippen LogP contribution in [0.3, 0.4) is 0 Å². The van der Waals surface area contributed by atoms with Crippen molar-refractivity contribution >= 4 is 57.3 Å². The van der Waals surface area contributed by atoms with Crippen LogP contribution in [-0.2, 0) is 4.79 Å². The molecular formula is C26H21ClFN3O2S2. The lowest BCUT2D eigenvalue weighted by Gasteiger charge is -2.14. The van der Waals surface area contributed by atoms with Gasteiger partial charge in [-0.3, -0.25) is 9.59 Å². The van der Waals surface area contributed by atoms with Crippen molar-refractivity contribution in [3.8, 4) is 11.3 Å². The smallest absolute Gasteiger partial charge is 0.255 e. The Morgan fingerprint density at radius 3 is 2.57 bits per heavy atom. The number of nitrogens with one attached hydrogen (secondary N) is 2. The lowest BCUT2D eigenvalue weighted by atomic mass is 10.2. The van der Waals surface area contributed by atoms with Crippen LogP contribution in [0.5, 0.6) is 0 Å². The highest BCUT2D eigenvalue weighted by atomic mass is 35.5. The maximum absolute atomic E-state index is 13.2. The lowest BCUT2D eigenvalue weighted by Crippen LogP contribution is -2.24. The molecule has 2 amide bonds. The van der Waals surface area contributed by atoms with E-state index >= 15 is 0 Å². The van der Waals surface area contributed by atoms with E-state index in [4.69, 9.17) is 11.6 Å². The van der Waals surface area contributed by atoms with E-state index in [0.29, 0.717) is 33.5 Å². The first-order valence-electron chi connectivity index (χ1n) is 10.8. The van der Waals surface area contributed by atoms with Gasteiger partial charge in [0.1, 0.15) is 5.82 Å². The Kier molecular flexibility index (Phi) is 8.17. The number of hydrogen-bond acceptors (Lipinski definition) is 5. The molecule has 0 saturated heterocycles. The molecule has 0 spiro atoms. The van der Waals surface area contributed by atoms with Gasteiger partial charge in [-0.1, -0.05) is 30.7 Å². The number of carbonyl (C=O) groups excluding carboxylic acids is 2. The van der Waals surface area contributed by atoms with E-state index in [1.165, 1.54) is 35.2 Å². The second-order valence-electron chi connectivity index (χ2n) is 7.54. The standard InChI is InChI=1S/C26H21ClFN3O2S2/c1-2-23(25(33)31-26-30-22(15-34-26)16-9-11-19(28)12-10-16)35-21-8-4-7-20(14-21)29-24(32)17-5-3-6-18(27)13-17/h3-15,23H,2H2,1H3,(H,29,32)(H,30,31,33). The van der Waals surface area contributed by atoms with E-state index in [2.05, 4.69) is 15.6 Å². The van der Waals surface area contributed by atoms with Crippen molar-refractivity contribution < 1.29 is 14.0 Å². The number of hydrogen-bond donors (Lipinski definition) is 2. The second-order valence-corrected chi connectivity index (χ2v) is 10.1. The molecular weight excluding hydrogens is 505 g/mol. The number of anilines is 2. The summed E-state index contributed by atoms with van der Waals surface area (Å²) in [6, 6.07) is 20.1. The fraction of sp³-hybridized carbons (Fsp3) is 0.115. The molecule has 0 radical (unpaired) electrons. The second kappa shape index (κ2) is 11.5. The predicted octanol–water partition coefficient (Wildman–Crippen LogP) is 7.36. The molecule has 178 valence electrons. The number of halogens is 2. The van der Waals surface area contributed by atoms with Gasteiger partial charge in [-0.15, -0.1) is 23.1 Å². The van der Waals surface area contributed by atoms with Gasteiger partial charge in [0.25, 0.3) is 5.91 Å². The molecule has 5 nitrogen and oxygen atoms in total.